The predicted octanol–water partition coefficient (Wildman–Crippen LogP) is 5.13. The molecule has 0 aliphatic rings. The largest absolute Gasteiger partial charge is 0.506 e. The molecule has 0 saturated heterocycles. The third-order valence-corrected chi connectivity index (χ3v) is 5.95. The highest BCUT2D eigenvalue weighted by atomic mass is 19.1. The van der Waals surface area contributed by atoms with Crippen LogP contribution in [0.4, 0.5) is 4.39 Å². The minimum Gasteiger partial charge on any atom is -0.506 e. The van der Waals surface area contributed by atoms with Gasteiger partial charge in [-0.1, -0.05) is 12.1 Å². The van der Waals surface area contributed by atoms with E-state index >= 15 is 0 Å². The number of aromatic nitrogens is 4. The van der Waals surface area contributed by atoms with Crippen molar-refractivity contribution in [3.63, 3.8) is 0 Å². The average molecular weight is 442 g/mol. The summed E-state index contributed by atoms with van der Waals surface area (Å²) in [5.41, 5.74) is 2.62. The lowest BCUT2D eigenvalue weighted by atomic mass is 10.0. The number of halogens is 1. The van der Waals surface area contributed by atoms with Gasteiger partial charge in [-0.15, -0.1) is 0 Å². The van der Waals surface area contributed by atoms with Crippen molar-refractivity contribution in [2.45, 2.75) is 32.4 Å². The zero-order valence-electron chi connectivity index (χ0n) is 18.0. The molecule has 33 heavy (non-hydrogen) atoms. The number of fused-ring (bicyclic) bond motifs is 2. The number of hydrogen-bond donors (Lipinski definition) is 1. The molecule has 0 bridgehead atoms. The lowest BCUT2D eigenvalue weighted by molar-refractivity contribution is 0.480. The Morgan fingerprint density at radius 1 is 0.909 bits per heavy atom. The standard InChI is InChI=1S/C26H23FN4O2/c27-21-6-4-18(5-7-21)20-14-22-25(24(32)15-20)29-17-31(26(22)33)12-3-1-2-11-30-13-9-19-16-28-10-8-23(19)30/h4-10,13-17,32H,1-3,11-12H2. The van der Waals surface area contributed by atoms with Crippen molar-refractivity contribution < 1.29 is 9.50 Å². The molecule has 3 heterocycles. The minimum atomic E-state index is -0.338. The number of phenolic OH excluding ortho intramolecular Hbond substituents is 1. The normalized spacial score (nSPS) is 11.4. The molecule has 0 aliphatic heterocycles. The van der Waals surface area contributed by atoms with Crippen LogP contribution >= 0.6 is 0 Å². The van der Waals surface area contributed by atoms with Crippen LogP contribution in [-0.4, -0.2) is 24.2 Å². The molecule has 7 heteroatoms. The highest BCUT2D eigenvalue weighted by Gasteiger charge is 2.11. The van der Waals surface area contributed by atoms with Gasteiger partial charge in [0.25, 0.3) is 5.56 Å². The fraction of sp³-hybridized carbons (Fsp3) is 0.192. The van der Waals surface area contributed by atoms with Gasteiger partial charge in [0.15, 0.2) is 0 Å². The van der Waals surface area contributed by atoms with Crippen LogP contribution in [0.5, 0.6) is 5.75 Å². The van der Waals surface area contributed by atoms with Gasteiger partial charge in [-0.2, -0.15) is 0 Å². The molecule has 0 aliphatic carbocycles. The maximum Gasteiger partial charge on any atom is 0.261 e. The van der Waals surface area contributed by atoms with Gasteiger partial charge in [-0.25, -0.2) is 9.37 Å². The molecule has 166 valence electrons. The summed E-state index contributed by atoms with van der Waals surface area (Å²) in [5.74, 6) is -0.403. The van der Waals surface area contributed by atoms with Gasteiger partial charge < -0.3 is 9.67 Å². The number of aryl methyl sites for hydroxylation is 2. The molecule has 0 atom stereocenters. The van der Waals surface area contributed by atoms with Gasteiger partial charge in [0.05, 0.1) is 17.2 Å². The SMILES string of the molecule is O=c1c2cc(-c3ccc(F)cc3)cc(O)c2ncn1CCCCCn1ccc2cnccc21. The number of benzene rings is 2. The first-order valence-electron chi connectivity index (χ1n) is 11.0. The van der Waals surface area contributed by atoms with E-state index in [0.29, 0.717) is 17.5 Å². The molecular formula is C26H23FN4O2. The molecule has 3 aromatic heterocycles. The van der Waals surface area contributed by atoms with Gasteiger partial charge in [-0.3, -0.25) is 14.3 Å². The number of rotatable bonds is 7. The van der Waals surface area contributed by atoms with E-state index < -0.39 is 0 Å². The van der Waals surface area contributed by atoms with Crippen molar-refractivity contribution in [3.8, 4) is 16.9 Å². The third-order valence-electron chi connectivity index (χ3n) is 5.95. The Morgan fingerprint density at radius 2 is 1.70 bits per heavy atom. The summed E-state index contributed by atoms with van der Waals surface area (Å²) in [6.45, 7) is 1.47. The van der Waals surface area contributed by atoms with Crippen molar-refractivity contribution in [1.29, 1.82) is 0 Å². The number of aromatic hydroxyl groups is 1. The zero-order chi connectivity index (χ0) is 22.8. The lowest BCUT2D eigenvalue weighted by Crippen LogP contribution is -2.20. The van der Waals surface area contributed by atoms with Crippen molar-refractivity contribution in [2.24, 2.45) is 0 Å². The molecule has 1 N–H and O–H groups in total. The summed E-state index contributed by atoms with van der Waals surface area (Å²) in [6.07, 6.45) is 10.1. The first-order valence-corrected chi connectivity index (χ1v) is 11.0. The van der Waals surface area contributed by atoms with E-state index in [4.69, 9.17) is 0 Å². The number of phenols is 1. The van der Waals surface area contributed by atoms with E-state index in [2.05, 4.69) is 26.8 Å². The third kappa shape index (κ3) is 4.22. The Labute approximate surface area is 189 Å². The highest BCUT2D eigenvalue weighted by Crippen LogP contribution is 2.29. The van der Waals surface area contributed by atoms with Crippen LogP contribution in [0.1, 0.15) is 19.3 Å². The van der Waals surface area contributed by atoms with Crippen LogP contribution < -0.4 is 5.56 Å². The van der Waals surface area contributed by atoms with Crippen molar-refractivity contribution in [2.75, 3.05) is 0 Å². The summed E-state index contributed by atoms with van der Waals surface area (Å²) in [6, 6.07) is 13.3. The number of pyridine rings is 1. The molecule has 6 nitrogen and oxygen atoms in total. The van der Waals surface area contributed by atoms with Gasteiger partial charge in [-0.05, 0) is 66.8 Å². The molecule has 0 spiro atoms. The van der Waals surface area contributed by atoms with Crippen molar-refractivity contribution in [1.82, 2.24) is 19.1 Å². The van der Waals surface area contributed by atoms with Gasteiger partial charge in [0, 0.05) is 37.1 Å². The molecule has 0 amide bonds. The fourth-order valence-corrected chi connectivity index (χ4v) is 4.20. The average Bonchev–Trinajstić information content (AvgIpc) is 3.24. The second kappa shape index (κ2) is 8.86. The highest BCUT2D eigenvalue weighted by molar-refractivity contribution is 5.88. The second-order valence-corrected chi connectivity index (χ2v) is 8.15. The van der Waals surface area contributed by atoms with Crippen molar-refractivity contribution >= 4 is 21.8 Å². The molecular weight excluding hydrogens is 419 g/mol. The first kappa shape index (κ1) is 20.9. The van der Waals surface area contributed by atoms with E-state index in [1.165, 1.54) is 24.0 Å². The van der Waals surface area contributed by atoms with E-state index in [0.717, 1.165) is 36.8 Å². The Kier molecular flexibility index (Phi) is 5.60. The van der Waals surface area contributed by atoms with E-state index in [1.54, 1.807) is 35.0 Å². The van der Waals surface area contributed by atoms with Crippen LogP contribution in [0.2, 0.25) is 0 Å². The van der Waals surface area contributed by atoms with Gasteiger partial charge >= 0.3 is 0 Å². The Hall–Kier alpha value is -4.00. The molecule has 2 aromatic carbocycles. The summed E-state index contributed by atoms with van der Waals surface area (Å²) in [4.78, 5) is 21.5. The Morgan fingerprint density at radius 3 is 2.52 bits per heavy atom. The quantitative estimate of drug-likeness (QED) is 0.355. The van der Waals surface area contributed by atoms with Crippen molar-refractivity contribution in [3.05, 3.63) is 89.6 Å². The Bertz CT molecular complexity index is 1490. The lowest BCUT2D eigenvalue weighted by Gasteiger charge is -2.10. The summed E-state index contributed by atoms with van der Waals surface area (Å²) < 4.78 is 17.1. The summed E-state index contributed by atoms with van der Waals surface area (Å²) in [5, 5.41) is 11.9. The molecule has 5 rings (SSSR count). The number of hydrogen-bond acceptors (Lipinski definition) is 4. The fourth-order valence-electron chi connectivity index (χ4n) is 4.20. The molecule has 5 aromatic rings. The minimum absolute atomic E-state index is 0.0646. The van der Waals surface area contributed by atoms with Crippen LogP contribution in [0.25, 0.3) is 32.9 Å². The molecule has 0 fully saturated rings. The van der Waals surface area contributed by atoms with Crippen LogP contribution in [0, 0.1) is 5.82 Å². The summed E-state index contributed by atoms with van der Waals surface area (Å²) in [7, 11) is 0. The van der Waals surface area contributed by atoms with Crippen LogP contribution in [0.15, 0.2) is 78.2 Å². The van der Waals surface area contributed by atoms with Gasteiger partial charge in [0.2, 0.25) is 0 Å². The van der Waals surface area contributed by atoms with Gasteiger partial charge in [0.1, 0.15) is 17.1 Å². The number of unbranched alkanes of at least 4 members (excludes halogenated alkanes) is 2. The monoisotopic (exact) mass is 442 g/mol. The maximum atomic E-state index is 13.3. The molecule has 0 saturated carbocycles. The van der Waals surface area contributed by atoms with E-state index in [-0.39, 0.29) is 22.6 Å². The smallest absolute Gasteiger partial charge is 0.261 e. The molecule has 0 radical (unpaired) electrons. The second-order valence-electron chi connectivity index (χ2n) is 8.15. The van der Waals surface area contributed by atoms with Crippen LogP contribution in [0.3, 0.4) is 0 Å². The number of nitrogens with zero attached hydrogens (tertiary/aromatic N) is 4. The Balaban J connectivity index is 1.28. The maximum absolute atomic E-state index is 13.3. The predicted molar refractivity (Wildman–Crippen MR) is 127 cm³/mol. The molecule has 0 unspecified atom stereocenters. The van der Waals surface area contributed by atoms with Crippen LogP contribution in [-0.2, 0) is 13.1 Å². The first-order chi connectivity index (χ1) is 16.1. The summed E-state index contributed by atoms with van der Waals surface area (Å²) >= 11 is 0. The zero-order valence-corrected chi connectivity index (χ0v) is 18.0. The topological polar surface area (TPSA) is 72.9 Å². The van der Waals surface area contributed by atoms with E-state index in [9.17, 15) is 14.3 Å². The van der Waals surface area contributed by atoms with E-state index in [1.807, 2.05) is 12.3 Å².